The number of nitrogens with zero attached hydrogens (tertiary/aromatic N) is 2. The summed E-state index contributed by atoms with van der Waals surface area (Å²) in [6.07, 6.45) is 0.558. The number of hydrogen-bond acceptors (Lipinski definition) is 8. The van der Waals surface area contributed by atoms with Crippen molar-refractivity contribution in [2.45, 2.75) is 56.7 Å². The van der Waals surface area contributed by atoms with E-state index in [1.165, 1.54) is 0 Å². The van der Waals surface area contributed by atoms with E-state index in [-0.39, 0.29) is 63.5 Å². The molecule has 0 aliphatic heterocycles. The second kappa shape index (κ2) is 17.3. The Morgan fingerprint density at radius 2 is 1.28 bits per heavy atom. The smallest absolute Gasteiger partial charge is 0.326 e. The van der Waals surface area contributed by atoms with E-state index in [1.54, 1.807) is 0 Å². The molecule has 0 bridgehead atoms. The summed E-state index contributed by atoms with van der Waals surface area (Å²) in [4.78, 5) is 67.0. The van der Waals surface area contributed by atoms with Gasteiger partial charge in [-0.15, -0.1) is 0 Å². The first-order valence-electron chi connectivity index (χ1n) is 11.1. The second-order valence-corrected chi connectivity index (χ2v) is 7.75. The van der Waals surface area contributed by atoms with Crippen LogP contribution in [0.1, 0.15) is 38.5 Å². The first kappa shape index (κ1) is 31.8. The third-order valence-electron chi connectivity index (χ3n) is 4.62. The number of carbonyl (C=O) groups is 5. The topological polar surface area (TPSA) is 323 Å². The minimum Gasteiger partial charge on any atom is -0.480 e. The van der Waals surface area contributed by atoms with Crippen molar-refractivity contribution in [3.8, 4) is 0 Å². The summed E-state index contributed by atoms with van der Waals surface area (Å²) in [5.74, 6) is -4.37. The summed E-state index contributed by atoms with van der Waals surface area (Å²) in [5, 5.41) is 16.5. The summed E-state index contributed by atoms with van der Waals surface area (Å²) in [6, 6.07) is -3.46. The van der Waals surface area contributed by atoms with E-state index < -0.39 is 54.3 Å². The number of nitrogens with two attached hydrogens (primary N) is 6. The van der Waals surface area contributed by atoms with Crippen molar-refractivity contribution in [3.63, 3.8) is 0 Å². The van der Waals surface area contributed by atoms with Gasteiger partial charge in [0, 0.05) is 19.5 Å². The standard InChI is InChI=1S/C19H37N11O6/c20-10(5-6-13(21)31)15(33)28-9-14(32)29-11(3-1-7-26-18(22)23)16(34)30-12(17(35)36)4-2-8-27-19(24)25/h10-12H,1-9,20H2,(H2,21,31)(H,28,33)(H,29,32)(H,30,34)(H,35,36)(H4,22,23,26)(H4,24,25,27)/t10-,11-,12-/m0/s1. The molecule has 0 saturated heterocycles. The highest BCUT2D eigenvalue weighted by Crippen LogP contribution is 2.03. The Bertz CT molecular complexity index is 825. The molecule has 17 nitrogen and oxygen atoms in total. The van der Waals surface area contributed by atoms with Gasteiger partial charge in [0.2, 0.25) is 23.6 Å². The van der Waals surface area contributed by atoms with E-state index >= 15 is 0 Å². The Kier molecular flexibility index (Phi) is 15.3. The van der Waals surface area contributed by atoms with Crippen LogP contribution in [0.4, 0.5) is 0 Å². The monoisotopic (exact) mass is 515 g/mol. The predicted octanol–water partition coefficient (Wildman–Crippen LogP) is -5.14. The first-order valence-corrected chi connectivity index (χ1v) is 11.1. The lowest BCUT2D eigenvalue weighted by Crippen LogP contribution is -2.53. The van der Waals surface area contributed by atoms with Gasteiger partial charge in [-0.1, -0.05) is 0 Å². The highest BCUT2D eigenvalue weighted by molar-refractivity contribution is 5.92. The van der Waals surface area contributed by atoms with Crippen LogP contribution in [0.5, 0.6) is 0 Å². The average molecular weight is 516 g/mol. The van der Waals surface area contributed by atoms with Gasteiger partial charge in [-0.2, -0.15) is 0 Å². The molecule has 17 heteroatoms. The maximum absolute atomic E-state index is 12.8. The predicted molar refractivity (Wildman–Crippen MR) is 131 cm³/mol. The van der Waals surface area contributed by atoms with Crippen LogP contribution in [0, 0.1) is 0 Å². The average Bonchev–Trinajstić information content (AvgIpc) is 2.78. The zero-order valence-electron chi connectivity index (χ0n) is 19.9. The van der Waals surface area contributed by atoms with Crippen LogP contribution >= 0.6 is 0 Å². The van der Waals surface area contributed by atoms with Crippen LogP contribution < -0.4 is 50.4 Å². The molecule has 0 saturated carbocycles. The van der Waals surface area contributed by atoms with Gasteiger partial charge in [-0.3, -0.25) is 29.2 Å². The van der Waals surface area contributed by atoms with Crippen LogP contribution in [-0.2, 0) is 24.0 Å². The molecule has 0 aliphatic rings. The number of carboxylic acid groups (broad SMARTS) is 1. The van der Waals surface area contributed by atoms with Gasteiger partial charge in [0.15, 0.2) is 11.9 Å². The largest absolute Gasteiger partial charge is 0.480 e. The van der Waals surface area contributed by atoms with Crippen molar-refractivity contribution in [2.24, 2.45) is 44.4 Å². The van der Waals surface area contributed by atoms with E-state index in [0.717, 1.165) is 0 Å². The number of rotatable bonds is 18. The first-order chi connectivity index (χ1) is 16.8. The third-order valence-corrected chi connectivity index (χ3v) is 4.62. The molecular formula is C19H37N11O6. The Hall–Kier alpha value is -4.15. The van der Waals surface area contributed by atoms with Crippen LogP contribution in [-0.4, -0.2) is 84.4 Å². The molecule has 3 atom stereocenters. The molecule has 204 valence electrons. The lowest BCUT2D eigenvalue weighted by atomic mass is 10.1. The van der Waals surface area contributed by atoms with Gasteiger partial charge in [0.25, 0.3) is 0 Å². The number of hydrogen-bond donors (Lipinski definition) is 10. The quantitative estimate of drug-likeness (QED) is 0.0467. The minimum absolute atomic E-state index is 0.00162. The van der Waals surface area contributed by atoms with Gasteiger partial charge in [-0.25, -0.2) is 4.79 Å². The number of primary amides is 1. The van der Waals surface area contributed by atoms with E-state index in [2.05, 4.69) is 25.9 Å². The highest BCUT2D eigenvalue weighted by atomic mass is 16.4. The number of aliphatic carboxylic acids is 1. The van der Waals surface area contributed by atoms with Crippen molar-refractivity contribution in [2.75, 3.05) is 19.6 Å². The maximum atomic E-state index is 12.8. The fourth-order valence-corrected chi connectivity index (χ4v) is 2.78. The fraction of sp³-hybridized carbons (Fsp3) is 0.632. The maximum Gasteiger partial charge on any atom is 0.326 e. The normalized spacial score (nSPS) is 12.8. The summed E-state index contributed by atoms with van der Waals surface area (Å²) in [5.41, 5.74) is 31.6. The van der Waals surface area contributed by atoms with Crippen molar-refractivity contribution in [1.29, 1.82) is 0 Å². The molecule has 0 radical (unpaired) electrons. The van der Waals surface area contributed by atoms with Gasteiger partial charge in [-0.05, 0) is 32.1 Å². The highest BCUT2D eigenvalue weighted by Gasteiger charge is 2.26. The Morgan fingerprint density at radius 1 is 0.750 bits per heavy atom. The van der Waals surface area contributed by atoms with Crippen LogP contribution in [0.25, 0.3) is 0 Å². The lowest BCUT2D eigenvalue weighted by molar-refractivity contribution is -0.142. The molecule has 0 spiro atoms. The molecule has 0 aliphatic carbocycles. The summed E-state index contributed by atoms with van der Waals surface area (Å²) in [6.45, 7) is -0.183. The van der Waals surface area contributed by atoms with Gasteiger partial charge in [0.1, 0.15) is 12.1 Å². The molecule has 0 heterocycles. The molecule has 4 amide bonds. The SMILES string of the molecule is NC(=O)CC[C@H](N)C(=O)NCC(=O)N[C@@H](CCCN=C(N)N)C(=O)N[C@@H](CCCN=C(N)N)C(=O)O. The molecule has 0 aromatic rings. The van der Waals surface area contributed by atoms with Crippen molar-refractivity contribution >= 4 is 41.5 Å². The number of carboxylic acids is 1. The third kappa shape index (κ3) is 15.6. The minimum atomic E-state index is -1.28. The van der Waals surface area contributed by atoms with Crippen LogP contribution in [0.15, 0.2) is 9.98 Å². The number of amides is 4. The van der Waals surface area contributed by atoms with Crippen molar-refractivity contribution < 1.29 is 29.1 Å². The van der Waals surface area contributed by atoms with E-state index in [1.807, 2.05) is 0 Å². The van der Waals surface area contributed by atoms with Gasteiger partial charge >= 0.3 is 5.97 Å². The zero-order valence-corrected chi connectivity index (χ0v) is 19.9. The van der Waals surface area contributed by atoms with E-state index in [0.29, 0.717) is 0 Å². The Morgan fingerprint density at radius 3 is 1.75 bits per heavy atom. The Labute approximate surface area is 207 Å². The molecule has 0 aromatic heterocycles. The van der Waals surface area contributed by atoms with Crippen LogP contribution in [0.2, 0.25) is 0 Å². The summed E-state index contributed by atoms with van der Waals surface area (Å²) < 4.78 is 0. The number of aliphatic imine (C=N–C) groups is 2. The summed E-state index contributed by atoms with van der Waals surface area (Å²) in [7, 11) is 0. The van der Waals surface area contributed by atoms with Crippen LogP contribution in [0.3, 0.4) is 0 Å². The molecule has 0 unspecified atom stereocenters. The second-order valence-electron chi connectivity index (χ2n) is 7.75. The van der Waals surface area contributed by atoms with Crippen molar-refractivity contribution in [3.05, 3.63) is 0 Å². The molecule has 36 heavy (non-hydrogen) atoms. The molecule has 0 rings (SSSR count). The number of guanidine groups is 2. The Balaban J connectivity index is 5.08. The zero-order chi connectivity index (χ0) is 27.7. The van der Waals surface area contributed by atoms with Gasteiger partial charge < -0.3 is 55.5 Å². The molecule has 0 aromatic carbocycles. The number of nitrogens with one attached hydrogen (secondary N) is 3. The molecule has 16 N–H and O–H groups in total. The van der Waals surface area contributed by atoms with E-state index in [9.17, 15) is 29.1 Å². The van der Waals surface area contributed by atoms with Crippen molar-refractivity contribution in [1.82, 2.24) is 16.0 Å². The lowest BCUT2D eigenvalue weighted by Gasteiger charge is -2.21. The number of carbonyl (C=O) groups excluding carboxylic acids is 4. The summed E-state index contributed by atoms with van der Waals surface area (Å²) >= 11 is 0. The fourth-order valence-electron chi connectivity index (χ4n) is 2.78. The van der Waals surface area contributed by atoms with Gasteiger partial charge in [0.05, 0.1) is 12.6 Å². The molecular weight excluding hydrogens is 478 g/mol. The van der Waals surface area contributed by atoms with E-state index in [4.69, 9.17) is 34.4 Å². The molecule has 0 fully saturated rings.